The number of aryl methyl sites for hydroxylation is 1. The molecule has 0 unspecified atom stereocenters. The molecule has 0 aromatic carbocycles. The molecule has 31 heavy (non-hydrogen) atoms. The standard InChI is InChI=1S/C25H46N4O2/c1-4-26-16-10-6-7-11-17-27(5-2)19-13-9-15-21-29-24(30)22-23(3)28(25(29)31)20-14-8-12-18-26/h22H,4-21H2,1-3H3. The number of nitrogens with zero attached hydrogens (tertiary/aromatic N) is 4. The molecule has 1 aromatic heterocycles. The minimum atomic E-state index is -0.147. The Morgan fingerprint density at radius 1 is 0.613 bits per heavy atom. The number of fused-ring (bicyclic) bond motifs is 2. The van der Waals surface area contributed by atoms with Gasteiger partial charge in [-0.1, -0.05) is 39.5 Å². The van der Waals surface area contributed by atoms with Crippen LogP contribution in [0.4, 0.5) is 0 Å². The summed E-state index contributed by atoms with van der Waals surface area (Å²) in [5.41, 5.74) is 0.519. The van der Waals surface area contributed by atoms with Crippen molar-refractivity contribution >= 4 is 0 Å². The van der Waals surface area contributed by atoms with Crippen molar-refractivity contribution in [1.82, 2.24) is 18.9 Å². The average Bonchev–Trinajstić information content (AvgIpc) is 2.75. The quantitative estimate of drug-likeness (QED) is 0.709. The Morgan fingerprint density at radius 2 is 1.00 bits per heavy atom. The lowest BCUT2D eigenvalue weighted by Gasteiger charge is -2.21. The number of rotatable bonds is 2. The fourth-order valence-corrected chi connectivity index (χ4v) is 4.65. The molecule has 0 amide bonds. The van der Waals surface area contributed by atoms with Crippen molar-refractivity contribution in [2.45, 2.75) is 98.1 Å². The maximum absolute atomic E-state index is 12.9. The molecule has 1 aromatic rings. The fraction of sp³-hybridized carbons (Fsp3) is 0.840. The third-order valence-corrected chi connectivity index (χ3v) is 6.79. The molecule has 2 heterocycles. The molecule has 0 saturated heterocycles. The lowest BCUT2D eigenvalue weighted by atomic mass is 10.1. The summed E-state index contributed by atoms with van der Waals surface area (Å²) in [7, 11) is 0. The summed E-state index contributed by atoms with van der Waals surface area (Å²) < 4.78 is 3.26. The molecule has 6 nitrogen and oxygen atoms in total. The second kappa shape index (κ2) is 14.6. The van der Waals surface area contributed by atoms with Gasteiger partial charge in [0.15, 0.2) is 0 Å². The molecule has 0 spiro atoms. The summed E-state index contributed by atoms with van der Waals surface area (Å²) in [5, 5.41) is 0. The van der Waals surface area contributed by atoms with Crippen LogP contribution in [-0.4, -0.2) is 58.2 Å². The van der Waals surface area contributed by atoms with Crippen LogP contribution in [0, 0.1) is 6.92 Å². The van der Waals surface area contributed by atoms with Gasteiger partial charge in [0.2, 0.25) is 0 Å². The molecule has 1 aliphatic rings. The van der Waals surface area contributed by atoms with Crippen molar-refractivity contribution < 1.29 is 0 Å². The van der Waals surface area contributed by atoms with E-state index in [4.69, 9.17) is 0 Å². The Kier molecular flexibility index (Phi) is 12.2. The zero-order valence-corrected chi connectivity index (χ0v) is 20.4. The van der Waals surface area contributed by atoms with Gasteiger partial charge in [-0.05, 0) is 84.7 Å². The van der Waals surface area contributed by atoms with Crippen molar-refractivity contribution in [3.8, 4) is 0 Å². The Bertz CT molecular complexity index is 740. The monoisotopic (exact) mass is 434 g/mol. The summed E-state index contributed by atoms with van der Waals surface area (Å²) in [6.45, 7) is 14.5. The van der Waals surface area contributed by atoms with E-state index in [-0.39, 0.29) is 11.2 Å². The second-order valence-corrected chi connectivity index (χ2v) is 9.11. The van der Waals surface area contributed by atoms with Gasteiger partial charge in [0, 0.05) is 24.8 Å². The van der Waals surface area contributed by atoms with Crippen LogP contribution in [0.25, 0.3) is 0 Å². The van der Waals surface area contributed by atoms with Gasteiger partial charge in [0.05, 0.1) is 0 Å². The second-order valence-electron chi connectivity index (χ2n) is 9.11. The van der Waals surface area contributed by atoms with E-state index in [1.165, 1.54) is 49.8 Å². The van der Waals surface area contributed by atoms with Crippen LogP contribution < -0.4 is 11.2 Å². The van der Waals surface area contributed by atoms with E-state index < -0.39 is 0 Å². The normalized spacial score (nSPS) is 20.2. The van der Waals surface area contributed by atoms with Gasteiger partial charge in [-0.25, -0.2) is 4.79 Å². The topological polar surface area (TPSA) is 50.5 Å². The molecular weight excluding hydrogens is 388 g/mol. The van der Waals surface area contributed by atoms with Crippen LogP contribution in [0.2, 0.25) is 0 Å². The van der Waals surface area contributed by atoms with Crippen LogP contribution in [0.3, 0.4) is 0 Å². The summed E-state index contributed by atoms with van der Waals surface area (Å²) in [6.07, 6.45) is 11.6. The lowest BCUT2D eigenvalue weighted by molar-refractivity contribution is 0.262. The molecule has 0 saturated carbocycles. The van der Waals surface area contributed by atoms with E-state index in [2.05, 4.69) is 23.6 Å². The van der Waals surface area contributed by atoms with E-state index in [1.807, 2.05) is 6.92 Å². The molecule has 0 aliphatic carbocycles. The first kappa shape index (κ1) is 25.9. The first-order valence-corrected chi connectivity index (χ1v) is 12.8. The van der Waals surface area contributed by atoms with Gasteiger partial charge in [0.25, 0.3) is 5.56 Å². The van der Waals surface area contributed by atoms with Crippen LogP contribution in [0.15, 0.2) is 15.7 Å². The Balaban J connectivity index is 2.03. The highest BCUT2D eigenvalue weighted by Crippen LogP contribution is 2.08. The van der Waals surface area contributed by atoms with Crippen molar-refractivity contribution in [2.24, 2.45) is 0 Å². The predicted octanol–water partition coefficient (Wildman–Crippen LogP) is 3.88. The third-order valence-electron chi connectivity index (χ3n) is 6.79. The van der Waals surface area contributed by atoms with E-state index >= 15 is 0 Å². The largest absolute Gasteiger partial charge is 0.331 e. The minimum Gasteiger partial charge on any atom is -0.304 e. The maximum atomic E-state index is 12.9. The minimum absolute atomic E-state index is 0.124. The number of hydrogen-bond donors (Lipinski definition) is 0. The van der Waals surface area contributed by atoms with Gasteiger partial charge in [-0.3, -0.25) is 13.9 Å². The summed E-state index contributed by atoms with van der Waals surface area (Å²) in [5.74, 6) is 0. The highest BCUT2D eigenvalue weighted by molar-refractivity contribution is 5.00. The van der Waals surface area contributed by atoms with Crippen molar-refractivity contribution in [3.05, 3.63) is 32.6 Å². The van der Waals surface area contributed by atoms with Crippen LogP contribution in [-0.2, 0) is 13.1 Å². The Morgan fingerprint density at radius 3 is 1.45 bits per heavy atom. The van der Waals surface area contributed by atoms with E-state index in [0.29, 0.717) is 13.1 Å². The lowest BCUT2D eigenvalue weighted by Crippen LogP contribution is -2.40. The van der Waals surface area contributed by atoms with Gasteiger partial charge >= 0.3 is 5.69 Å². The summed E-state index contributed by atoms with van der Waals surface area (Å²) >= 11 is 0. The van der Waals surface area contributed by atoms with E-state index in [9.17, 15) is 9.59 Å². The molecular formula is C25H46N4O2. The third kappa shape index (κ3) is 8.93. The molecule has 6 heteroatoms. The molecule has 2 rings (SSSR count). The highest BCUT2D eigenvalue weighted by atomic mass is 16.2. The molecule has 0 fully saturated rings. The highest BCUT2D eigenvalue weighted by Gasteiger charge is 2.10. The first-order chi connectivity index (χ1) is 15.1. The number of aromatic nitrogens is 2. The average molecular weight is 435 g/mol. The van der Waals surface area contributed by atoms with Crippen LogP contribution >= 0.6 is 0 Å². The molecule has 178 valence electrons. The van der Waals surface area contributed by atoms with Gasteiger partial charge in [0.1, 0.15) is 0 Å². The summed E-state index contributed by atoms with van der Waals surface area (Å²) in [6, 6.07) is 1.63. The van der Waals surface area contributed by atoms with Crippen molar-refractivity contribution in [3.63, 3.8) is 0 Å². The van der Waals surface area contributed by atoms with Gasteiger partial charge in [-0.15, -0.1) is 0 Å². The van der Waals surface area contributed by atoms with Crippen molar-refractivity contribution in [1.29, 1.82) is 0 Å². The van der Waals surface area contributed by atoms with Gasteiger partial charge < -0.3 is 9.80 Å². The number of hydrogen-bond acceptors (Lipinski definition) is 4. The predicted molar refractivity (Wildman–Crippen MR) is 130 cm³/mol. The molecule has 2 bridgehead atoms. The van der Waals surface area contributed by atoms with Crippen LogP contribution in [0.5, 0.6) is 0 Å². The molecule has 1 aliphatic heterocycles. The van der Waals surface area contributed by atoms with Crippen LogP contribution in [0.1, 0.15) is 83.7 Å². The smallest absolute Gasteiger partial charge is 0.304 e. The molecule has 0 radical (unpaired) electrons. The molecule has 0 atom stereocenters. The van der Waals surface area contributed by atoms with E-state index in [1.54, 1.807) is 10.6 Å². The first-order valence-electron chi connectivity index (χ1n) is 12.8. The van der Waals surface area contributed by atoms with E-state index in [0.717, 1.165) is 64.0 Å². The van der Waals surface area contributed by atoms with Gasteiger partial charge in [-0.2, -0.15) is 0 Å². The zero-order valence-electron chi connectivity index (χ0n) is 20.4. The zero-order chi connectivity index (χ0) is 22.5. The summed E-state index contributed by atoms with van der Waals surface area (Å²) in [4.78, 5) is 30.5. The van der Waals surface area contributed by atoms with Crippen molar-refractivity contribution in [2.75, 3.05) is 39.3 Å². The Hall–Kier alpha value is -1.40. The molecule has 0 N–H and O–H groups in total. The Labute approximate surface area is 189 Å². The maximum Gasteiger partial charge on any atom is 0.331 e. The SMILES string of the molecule is CCN1CCCCCCN(CC)CCCCCn2c(=O)cc(C)n(c2=O)CCCCC1. The fourth-order valence-electron chi connectivity index (χ4n) is 4.65.